The van der Waals surface area contributed by atoms with Crippen LogP contribution in [0.4, 0.5) is 8.78 Å². The van der Waals surface area contributed by atoms with Gasteiger partial charge in [-0.05, 0) is 74.7 Å². The molecule has 0 saturated heterocycles. The summed E-state index contributed by atoms with van der Waals surface area (Å²) in [6.07, 6.45) is 0.685. The average Bonchev–Trinajstić information content (AvgIpc) is 2.77. The van der Waals surface area contributed by atoms with Crippen molar-refractivity contribution in [3.05, 3.63) is 70.3 Å². The molecule has 0 saturated carbocycles. The first-order chi connectivity index (χ1) is 16.2. The smallest absolute Gasteiger partial charge is 0.253 e. The number of nitrogens with one attached hydrogen (secondary N) is 2. The van der Waals surface area contributed by atoms with Gasteiger partial charge in [0.2, 0.25) is 0 Å². The van der Waals surface area contributed by atoms with E-state index in [4.69, 9.17) is 0 Å². The minimum absolute atomic E-state index is 0.0294. The Morgan fingerprint density at radius 2 is 1.56 bits per heavy atom. The molecule has 0 aliphatic rings. The van der Waals surface area contributed by atoms with Crippen LogP contribution in [0.15, 0.2) is 36.4 Å². The first-order valence-electron chi connectivity index (χ1n) is 11.7. The lowest BCUT2D eigenvalue weighted by Crippen LogP contribution is -2.48. The summed E-state index contributed by atoms with van der Waals surface area (Å²) in [5.74, 6) is -2.07. The fourth-order valence-corrected chi connectivity index (χ4v) is 3.94. The lowest BCUT2D eigenvalue weighted by atomic mass is 9.99. The van der Waals surface area contributed by atoms with Crippen molar-refractivity contribution in [1.82, 2.24) is 15.5 Å². The number of carbonyl (C=O) groups excluding carboxylic acids is 2. The number of benzene rings is 2. The molecule has 186 valence electrons. The van der Waals surface area contributed by atoms with Crippen LogP contribution in [0, 0.1) is 18.6 Å². The van der Waals surface area contributed by atoms with Gasteiger partial charge in [0, 0.05) is 36.8 Å². The van der Waals surface area contributed by atoms with Crippen LogP contribution in [-0.4, -0.2) is 60.6 Å². The Bertz CT molecular complexity index is 958. The number of hydrogen-bond acceptors (Lipinski definition) is 4. The maximum Gasteiger partial charge on any atom is 0.253 e. The summed E-state index contributed by atoms with van der Waals surface area (Å²) < 4.78 is 27.3. The van der Waals surface area contributed by atoms with E-state index in [1.165, 1.54) is 12.1 Å². The molecule has 2 aromatic carbocycles. The fraction of sp³-hybridized carbons (Fsp3) is 0.462. The molecule has 0 bridgehead atoms. The molecule has 2 atom stereocenters. The van der Waals surface area contributed by atoms with E-state index in [0.717, 1.165) is 24.5 Å². The normalized spacial score (nSPS) is 12.8. The minimum Gasteiger partial charge on any atom is -0.390 e. The number of hydrogen-bond donors (Lipinski definition) is 3. The van der Waals surface area contributed by atoms with Crippen molar-refractivity contribution in [3.8, 4) is 0 Å². The maximum absolute atomic E-state index is 13.7. The molecular weight excluding hydrogens is 440 g/mol. The van der Waals surface area contributed by atoms with E-state index in [1.807, 2.05) is 13.8 Å². The molecule has 0 radical (unpaired) electrons. The van der Waals surface area contributed by atoms with Crippen LogP contribution in [0.3, 0.4) is 0 Å². The number of rotatable bonds is 12. The number of aliphatic hydroxyl groups is 1. The predicted molar refractivity (Wildman–Crippen MR) is 129 cm³/mol. The van der Waals surface area contributed by atoms with Crippen molar-refractivity contribution in [3.63, 3.8) is 0 Å². The Kier molecular flexibility index (Phi) is 10.6. The van der Waals surface area contributed by atoms with Gasteiger partial charge in [0.1, 0.15) is 11.6 Å². The first-order valence-corrected chi connectivity index (χ1v) is 11.7. The Labute approximate surface area is 200 Å². The van der Waals surface area contributed by atoms with Crippen molar-refractivity contribution >= 4 is 11.8 Å². The van der Waals surface area contributed by atoms with Gasteiger partial charge in [-0.2, -0.15) is 0 Å². The summed E-state index contributed by atoms with van der Waals surface area (Å²) in [4.78, 5) is 27.9. The van der Waals surface area contributed by atoms with Crippen molar-refractivity contribution in [2.75, 3.05) is 26.7 Å². The molecular formula is C26H35F2N3O3. The van der Waals surface area contributed by atoms with E-state index < -0.39 is 29.7 Å². The third kappa shape index (κ3) is 7.88. The van der Waals surface area contributed by atoms with Crippen LogP contribution in [0.25, 0.3) is 0 Å². The SMILES string of the molecule is CCCN(CCC)C(=O)c1cc(C)cc(C(=O)NC(Cc2cc(F)cc(F)c2)C(O)CNC)c1. The second-order valence-corrected chi connectivity index (χ2v) is 8.57. The standard InChI is InChI=1S/C26H35F2N3O3/c1-5-7-31(8-6-2)26(34)20-10-17(3)9-19(14-20)25(33)30-23(24(32)16-29-4)13-18-11-21(27)15-22(28)12-18/h9-12,14-15,23-24,29,32H,5-8,13,16H2,1-4H3,(H,30,33). The molecule has 2 aromatic rings. The van der Waals surface area contributed by atoms with Gasteiger partial charge >= 0.3 is 0 Å². The summed E-state index contributed by atoms with van der Waals surface area (Å²) in [6.45, 7) is 7.25. The Hall–Kier alpha value is -2.84. The van der Waals surface area contributed by atoms with E-state index in [9.17, 15) is 23.5 Å². The van der Waals surface area contributed by atoms with Gasteiger partial charge in [-0.3, -0.25) is 9.59 Å². The molecule has 34 heavy (non-hydrogen) atoms. The second-order valence-electron chi connectivity index (χ2n) is 8.57. The lowest BCUT2D eigenvalue weighted by Gasteiger charge is -2.25. The number of carbonyl (C=O) groups is 2. The maximum atomic E-state index is 13.7. The summed E-state index contributed by atoms with van der Waals surface area (Å²) in [7, 11) is 1.65. The minimum atomic E-state index is -1.00. The van der Waals surface area contributed by atoms with E-state index >= 15 is 0 Å². The van der Waals surface area contributed by atoms with Gasteiger partial charge in [0.25, 0.3) is 11.8 Å². The summed E-state index contributed by atoms with van der Waals surface area (Å²) >= 11 is 0. The van der Waals surface area contributed by atoms with E-state index in [0.29, 0.717) is 24.2 Å². The van der Waals surface area contributed by atoms with Crippen LogP contribution in [-0.2, 0) is 6.42 Å². The van der Waals surface area contributed by atoms with E-state index in [2.05, 4.69) is 10.6 Å². The summed E-state index contributed by atoms with van der Waals surface area (Å²) in [5.41, 5.74) is 1.77. The quantitative estimate of drug-likeness (QED) is 0.439. The van der Waals surface area contributed by atoms with Crippen LogP contribution in [0.2, 0.25) is 0 Å². The summed E-state index contributed by atoms with van der Waals surface area (Å²) in [6, 6.07) is 7.28. The molecule has 0 aliphatic heterocycles. The number of aliphatic hydroxyl groups excluding tert-OH is 1. The zero-order valence-electron chi connectivity index (χ0n) is 20.3. The zero-order chi connectivity index (χ0) is 25.3. The first kappa shape index (κ1) is 27.4. The monoisotopic (exact) mass is 475 g/mol. The number of likely N-dealkylation sites (N-methyl/N-ethyl adjacent to an activating group) is 1. The molecule has 0 aromatic heterocycles. The number of halogens is 2. The fourth-order valence-electron chi connectivity index (χ4n) is 3.94. The number of nitrogens with zero attached hydrogens (tertiary/aromatic N) is 1. The molecule has 2 rings (SSSR count). The third-order valence-corrected chi connectivity index (χ3v) is 5.43. The van der Waals surface area contributed by atoms with Gasteiger partial charge in [0.05, 0.1) is 12.1 Å². The van der Waals surface area contributed by atoms with Crippen molar-refractivity contribution in [2.24, 2.45) is 0 Å². The van der Waals surface area contributed by atoms with Crippen LogP contribution in [0.1, 0.15) is 58.5 Å². The van der Waals surface area contributed by atoms with E-state index in [-0.39, 0.29) is 24.4 Å². The lowest BCUT2D eigenvalue weighted by molar-refractivity contribution is 0.0755. The van der Waals surface area contributed by atoms with Gasteiger partial charge in [-0.15, -0.1) is 0 Å². The second kappa shape index (κ2) is 13.2. The molecule has 0 heterocycles. The van der Waals surface area contributed by atoms with Crippen molar-refractivity contribution in [2.45, 2.75) is 52.2 Å². The molecule has 6 nitrogen and oxygen atoms in total. The molecule has 8 heteroatoms. The highest BCUT2D eigenvalue weighted by Crippen LogP contribution is 2.16. The van der Waals surface area contributed by atoms with Crippen molar-refractivity contribution < 1.29 is 23.5 Å². The van der Waals surface area contributed by atoms with Gasteiger partial charge in [-0.1, -0.05) is 13.8 Å². The van der Waals surface area contributed by atoms with Gasteiger partial charge in [-0.25, -0.2) is 8.78 Å². The Morgan fingerprint density at radius 3 is 2.12 bits per heavy atom. The molecule has 2 amide bonds. The molecule has 3 N–H and O–H groups in total. The number of aryl methyl sites for hydroxylation is 1. The van der Waals surface area contributed by atoms with Gasteiger partial charge in [0.15, 0.2) is 0 Å². The van der Waals surface area contributed by atoms with Gasteiger partial charge < -0.3 is 20.6 Å². The average molecular weight is 476 g/mol. The van der Waals surface area contributed by atoms with E-state index in [1.54, 1.807) is 37.1 Å². The van der Waals surface area contributed by atoms with Crippen LogP contribution < -0.4 is 10.6 Å². The third-order valence-electron chi connectivity index (χ3n) is 5.43. The Balaban J connectivity index is 2.29. The highest BCUT2D eigenvalue weighted by molar-refractivity contribution is 6.00. The highest BCUT2D eigenvalue weighted by Gasteiger charge is 2.24. The Morgan fingerprint density at radius 1 is 0.971 bits per heavy atom. The molecule has 2 unspecified atom stereocenters. The highest BCUT2D eigenvalue weighted by atomic mass is 19.1. The largest absolute Gasteiger partial charge is 0.390 e. The number of amides is 2. The molecule has 0 fully saturated rings. The zero-order valence-corrected chi connectivity index (χ0v) is 20.3. The topological polar surface area (TPSA) is 81.7 Å². The van der Waals surface area contributed by atoms with Crippen LogP contribution >= 0.6 is 0 Å². The van der Waals surface area contributed by atoms with Crippen LogP contribution in [0.5, 0.6) is 0 Å². The van der Waals surface area contributed by atoms with Crippen molar-refractivity contribution in [1.29, 1.82) is 0 Å². The predicted octanol–water partition coefficient (Wildman–Crippen LogP) is 3.46. The molecule has 0 aliphatic carbocycles. The molecule has 0 spiro atoms. The summed E-state index contributed by atoms with van der Waals surface area (Å²) in [5, 5.41) is 16.2.